The van der Waals surface area contributed by atoms with Crippen molar-refractivity contribution in [1.82, 2.24) is 0 Å². The fourth-order valence-electron chi connectivity index (χ4n) is 3.29. The second-order valence-electron chi connectivity index (χ2n) is 7.49. The molecule has 0 spiro atoms. The molecule has 1 aliphatic carbocycles. The van der Waals surface area contributed by atoms with E-state index in [9.17, 15) is 0 Å². The lowest BCUT2D eigenvalue weighted by Crippen LogP contribution is -2.28. The largest absolute Gasteiger partial charge is 0.0740 e. The van der Waals surface area contributed by atoms with E-state index in [2.05, 4.69) is 67.5 Å². The van der Waals surface area contributed by atoms with Crippen molar-refractivity contribution in [2.45, 2.75) is 68.2 Å². The lowest BCUT2D eigenvalue weighted by atomic mass is 9.65. The smallest absolute Gasteiger partial charge is 0.00999 e. The Morgan fingerprint density at radius 2 is 1.35 bits per heavy atom. The first-order valence-corrected chi connectivity index (χ1v) is 7.03. The summed E-state index contributed by atoms with van der Waals surface area (Å²) < 4.78 is 0. The fraction of sp³-hybridized carbons (Fsp3) is 0.765. The molecule has 0 radical (unpaired) electrons. The van der Waals surface area contributed by atoms with Crippen molar-refractivity contribution in [3.05, 3.63) is 23.3 Å². The minimum atomic E-state index is 0.255. The Hall–Kier alpha value is -0.520. The maximum absolute atomic E-state index is 2.47. The van der Waals surface area contributed by atoms with Crippen LogP contribution in [0, 0.1) is 16.2 Å². The Morgan fingerprint density at radius 3 is 1.65 bits per heavy atom. The zero-order valence-electron chi connectivity index (χ0n) is 13.1. The van der Waals surface area contributed by atoms with Gasteiger partial charge < -0.3 is 0 Å². The van der Waals surface area contributed by atoms with Crippen molar-refractivity contribution in [3.8, 4) is 0 Å². The standard InChI is InChI=1S/C17H30/c1-9-17(10-2)12-11-13(15(3,4)5)14(17)16(6,7)8/h11-12H,9-10H2,1-8H3. The molecule has 0 heterocycles. The van der Waals surface area contributed by atoms with Gasteiger partial charge in [-0.25, -0.2) is 0 Å². The molecule has 0 fully saturated rings. The molecule has 1 rings (SSSR count). The second-order valence-corrected chi connectivity index (χ2v) is 7.49. The summed E-state index contributed by atoms with van der Waals surface area (Å²) in [7, 11) is 0. The molecule has 0 aliphatic heterocycles. The van der Waals surface area contributed by atoms with Gasteiger partial charge in [-0.1, -0.05) is 73.1 Å². The third-order valence-electron chi connectivity index (χ3n) is 4.16. The molecule has 98 valence electrons. The summed E-state index contributed by atoms with van der Waals surface area (Å²) in [6, 6.07) is 0. The minimum absolute atomic E-state index is 0.255. The molecule has 0 saturated heterocycles. The summed E-state index contributed by atoms with van der Waals surface area (Å²) in [6.45, 7) is 18.7. The molecule has 0 aromatic carbocycles. The van der Waals surface area contributed by atoms with Crippen LogP contribution in [-0.4, -0.2) is 0 Å². The summed E-state index contributed by atoms with van der Waals surface area (Å²) >= 11 is 0. The summed E-state index contributed by atoms with van der Waals surface area (Å²) in [5.74, 6) is 0. The van der Waals surface area contributed by atoms with Gasteiger partial charge in [0.05, 0.1) is 0 Å². The summed E-state index contributed by atoms with van der Waals surface area (Å²) in [5.41, 5.74) is 4.06. The van der Waals surface area contributed by atoms with Crippen molar-refractivity contribution in [2.24, 2.45) is 16.2 Å². The zero-order chi connectivity index (χ0) is 13.5. The Balaban J connectivity index is 3.45. The van der Waals surface area contributed by atoms with E-state index in [1.165, 1.54) is 12.8 Å². The highest BCUT2D eigenvalue weighted by Crippen LogP contribution is 2.54. The van der Waals surface area contributed by atoms with E-state index in [4.69, 9.17) is 0 Å². The molecule has 1 aliphatic rings. The highest BCUT2D eigenvalue weighted by molar-refractivity contribution is 5.46. The Labute approximate surface area is 108 Å². The Kier molecular flexibility index (Phi) is 3.68. The van der Waals surface area contributed by atoms with E-state index in [0.717, 1.165) is 0 Å². The number of hydrogen-bond acceptors (Lipinski definition) is 0. The molecular weight excluding hydrogens is 204 g/mol. The van der Waals surface area contributed by atoms with Crippen LogP contribution in [0.15, 0.2) is 23.3 Å². The van der Waals surface area contributed by atoms with Crippen LogP contribution < -0.4 is 0 Å². The maximum Gasteiger partial charge on any atom is 0.00999 e. The lowest BCUT2D eigenvalue weighted by molar-refractivity contribution is 0.322. The molecule has 0 nitrogen and oxygen atoms in total. The average molecular weight is 234 g/mol. The number of allylic oxidation sites excluding steroid dienone is 4. The van der Waals surface area contributed by atoms with Crippen LogP contribution in [0.2, 0.25) is 0 Å². The molecule has 0 atom stereocenters. The van der Waals surface area contributed by atoms with Crippen LogP contribution in [0.3, 0.4) is 0 Å². The van der Waals surface area contributed by atoms with Gasteiger partial charge in [-0.3, -0.25) is 0 Å². The van der Waals surface area contributed by atoms with Crippen molar-refractivity contribution in [3.63, 3.8) is 0 Å². The SMILES string of the molecule is CCC1(CC)C=CC(C(C)(C)C)=C1C(C)(C)C. The molecule has 0 aromatic heterocycles. The van der Waals surface area contributed by atoms with Crippen molar-refractivity contribution in [2.75, 3.05) is 0 Å². The monoisotopic (exact) mass is 234 g/mol. The van der Waals surface area contributed by atoms with Crippen LogP contribution in [0.5, 0.6) is 0 Å². The highest BCUT2D eigenvalue weighted by atomic mass is 14.5. The van der Waals surface area contributed by atoms with Crippen LogP contribution in [0.25, 0.3) is 0 Å². The van der Waals surface area contributed by atoms with Crippen LogP contribution in [0.1, 0.15) is 68.2 Å². The summed E-state index contributed by atoms with van der Waals surface area (Å²) in [5, 5.41) is 0. The second kappa shape index (κ2) is 4.30. The predicted octanol–water partition coefficient (Wildman–Crippen LogP) is 5.75. The quantitative estimate of drug-likeness (QED) is 0.570. The van der Waals surface area contributed by atoms with Crippen molar-refractivity contribution < 1.29 is 0 Å². The van der Waals surface area contributed by atoms with Gasteiger partial charge in [-0.15, -0.1) is 0 Å². The molecule has 17 heavy (non-hydrogen) atoms. The highest BCUT2D eigenvalue weighted by Gasteiger charge is 2.42. The topological polar surface area (TPSA) is 0 Å². The molecular formula is C17H30. The minimum Gasteiger partial charge on any atom is -0.0740 e. The van der Waals surface area contributed by atoms with Gasteiger partial charge in [-0.05, 0) is 29.2 Å². The first kappa shape index (κ1) is 14.5. The first-order chi connectivity index (χ1) is 7.58. The molecule has 0 amide bonds. The average Bonchev–Trinajstić information content (AvgIpc) is 2.56. The zero-order valence-corrected chi connectivity index (χ0v) is 13.1. The van der Waals surface area contributed by atoms with Crippen LogP contribution in [0.4, 0.5) is 0 Å². The lowest BCUT2D eigenvalue weighted by Gasteiger charge is -2.39. The Bertz CT molecular complexity index is 335. The third kappa shape index (κ3) is 2.51. The van der Waals surface area contributed by atoms with E-state index in [1.54, 1.807) is 11.1 Å². The van der Waals surface area contributed by atoms with Gasteiger partial charge in [0.2, 0.25) is 0 Å². The summed E-state index contributed by atoms with van der Waals surface area (Å²) in [6.07, 6.45) is 7.29. The first-order valence-electron chi connectivity index (χ1n) is 7.03. The van der Waals surface area contributed by atoms with Gasteiger partial charge in [0, 0.05) is 5.41 Å². The van der Waals surface area contributed by atoms with E-state index in [-0.39, 0.29) is 10.8 Å². The van der Waals surface area contributed by atoms with Gasteiger partial charge in [0.15, 0.2) is 0 Å². The van der Waals surface area contributed by atoms with E-state index in [1.807, 2.05) is 0 Å². The van der Waals surface area contributed by atoms with Crippen LogP contribution in [-0.2, 0) is 0 Å². The van der Waals surface area contributed by atoms with Crippen molar-refractivity contribution >= 4 is 0 Å². The normalized spacial score (nSPS) is 20.2. The molecule has 0 heteroatoms. The summed E-state index contributed by atoms with van der Waals surface area (Å²) in [4.78, 5) is 0. The molecule has 0 unspecified atom stereocenters. The maximum atomic E-state index is 2.47. The van der Waals surface area contributed by atoms with Crippen LogP contribution >= 0.6 is 0 Å². The van der Waals surface area contributed by atoms with Gasteiger partial charge in [0.1, 0.15) is 0 Å². The fourth-order valence-corrected chi connectivity index (χ4v) is 3.29. The van der Waals surface area contributed by atoms with Gasteiger partial charge in [-0.2, -0.15) is 0 Å². The molecule has 0 bridgehead atoms. The van der Waals surface area contributed by atoms with E-state index in [0.29, 0.717) is 5.41 Å². The third-order valence-corrected chi connectivity index (χ3v) is 4.16. The van der Waals surface area contributed by atoms with Gasteiger partial charge >= 0.3 is 0 Å². The van der Waals surface area contributed by atoms with Gasteiger partial charge in [0.25, 0.3) is 0 Å². The van der Waals surface area contributed by atoms with E-state index >= 15 is 0 Å². The number of rotatable bonds is 2. The molecule has 0 saturated carbocycles. The molecule has 0 aromatic rings. The molecule has 0 N–H and O–H groups in total. The van der Waals surface area contributed by atoms with Crippen molar-refractivity contribution in [1.29, 1.82) is 0 Å². The predicted molar refractivity (Wildman–Crippen MR) is 78.1 cm³/mol. The Morgan fingerprint density at radius 1 is 0.882 bits per heavy atom. The van der Waals surface area contributed by atoms with E-state index < -0.39 is 0 Å². The number of hydrogen-bond donors (Lipinski definition) is 0.